The van der Waals surface area contributed by atoms with Gasteiger partial charge in [-0.2, -0.15) is 0 Å². The van der Waals surface area contributed by atoms with Crippen LogP contribution < -0.4 is 19.1 Å². The number of amides is 1. The Morgan fingerprint density at radius 3 is 2.67 bits per heavy atom. The zero-order valence-electron chi connectivity index (χ0n) is 16.7. The van der Waals surface area contributed by atoms with E-state index in [1.54, 1.807) is 11.2 Å². The maximum Gasteiger partial charge on any atom is 0.246 e. The predicted octanol–water partition coefficient (Wildman–Crippen LogP) is 3.75. The van der Waals surface area contributed by atoms with Gasteiger partial charge in [0, 0.05) is 23.2 Å². The van der Waals surface area contributed by atoms with E-state index >= 15 is 0 Å². The molecule has 0 fully saturated rings. The smallest absolute Gasteiger partial charge is 0.246 e. The highest BCUT2D eigenvalue weighted by Gasteiger charge is 2.57. The van der Waals surface area contributed by atoms with E-state index in [0.29, 0.717) is 29.7 Å². The third-order valence-corrected chi connectivity index (χ3v) is 6.03. The molecule has 0 bridgehead atoms. The van der Waals surface area contributed by atoms with Gasteiger partial charge in [0.1, 0.15) is 24.0 Å². The second kappa shape index (κ2) is 6.01. The molecule has 0 saturated carbocycles. The number of carbonyl (C=O) groups is 1. The Bertz CT molecular complexity index is 1180. The average Bonchev–Trinajstić information content (AvgIpc) is 3.51. The highest BCUT2D eigenvalue weighted by Crippen LogP contribution is 2.55. The first-order valence-corrected chi connectivity index (χ1v) is 10.0. The molecule has 0 aliphatic carbocycles. The van der Waals surface area contributed by atoms with Gasteiger partial charge in [0.2, 0.25) is 12.7 Å². The van der Waals surface area contributed by atoms with Crippen molar-refractivity contribution < 1.29 is 23.4 Å². The Hall–Kier alpha value is -3.48. The zero-order valence-corrected chi connectivity index (χ0v) is 16.7. The minimum absolute atomic E-state index is 0.0320. The Morgan fingerprint density at radius 2 is 1.87 bits per heavy atom. The molecule has 3 aliphatic rings. The van der Waals surface area contributed by atoms with Crippen molar-refractivity contribution in [3.05, 3.63) is 65.4 Å². The molecule has 30 heavy (non-hydrogen) atoms. The van der Waals surface area contributed by atoms with Crippen LogP contribution in [0.3, 0.4) is 0 Å². The van der Waals surface area contributed by atoms with Gasteiger partial charge in [-0.1, -0.05) is 32.0 Å². The summed E-state index contributed by atoms with van der Waals surface area (Å²) in [4.78, 5) is 20.2. The Kier molecular flexibility index (Phi) is 3.48. The van der Waals surface area contributed by atoms with Crippen molar-refractivity contribution >= 4 is 11.6 Å². The van der Waals surface area contributed by atoms with E-state index < -0.39 is 5.41 Å². The Morgan fingerprint density at radius 1 is 1.07 bits per heavy atom. The van der Waals surface area contributed by atoms with E-state index in [1.807, 2.05) is 50.2 Å². The number of ether oxygens (including phenoxy) is 3. The number of anilines is 1. The molecule has 0 radical (unpaired) electrons. The van der Waals surface area contributed by atoms with Crippen LogP contribution in [0.5, 0.6) is 17.2 Å². The van der Waals surface area contributed by atoms with E-state index in [-0.39, 0.29) is 25.2 Å². The lowest BCUT2D eigenvalue weighted by atomic mass is 9.77. The Labute approximate surface area is 173 Å². The number of benzene rings is 2. The fraction of sp³-hybridized carbons (Fsp3) is 0.304. The number of hydrogen-bond donors (Lipinski definition) is 0. The maximum absolute atomic E-state index is 13.9. The van der Waals surface area contributed by atoms with Crippen LogP contribution in [-0.2, 0) is 16.8 Å². The van der Waals surface area contributed by atoms with Gasteiger partial charge in [0.25, 0.3) is 0 Å². The monoisotopic (exact) mass is 404 g/mol. The van der Waals surface area contributed by atoms with E-state index in [0.717, 1.165) is 22.5 Å². The molecule has 4 heterocycles. The van der Waals surface area contributed by atoms with Crippen LogP contribution in [0.25, 0.3) is 0 Å². The molecule has 3 aliphatic heterocycles. The molecule has 1 unspecified atom stereocenters. The number of hydrogen-bond acceptors (Lipinski definition) is 6. The van der Waals surface area contributed by atoms with E-state index in [1.165, 1.54) is 0 Å². The van der Waals surface area contributed by atoms with Crippen molar-refractivity contribution in [1.29, 1.82) is 0 Å². The van der Waals surface area contributed by atoms with Gasteiger partial charge in [0.15, 0.2) is 17.4 Å². The topological polar surface area (TPSA) is 74.0 Å². The van der Waals surface area contributed by atoms with E-state index in [4.69, 9.17) is 18.6 Å². The van der Waals surface area contributed by atoms with Crippen molar-refractivity contribution in [3.63, 3.8) is 0 Å². The summed E-state index contributed by atoms with van der Waals surface area (Å²) < 4.78 is 22.6. The molecule has 0 saturated heterocycles. The van der Waals surface area contributed by atoms with Crippen LogP contribution >= 0.6 is 0 Å². The molecule has 0 N–H and O–H groups in total. The minimum atomic E-state index is -0.905. The van der Waals surface area contributed by atoms with Crippen LogP contribution in [0.15, 0.2) is 47.1 Å². The summed E-state index contributed by atoms with van der Waals surface area (Å²) in [5.74, 6) is 2.77. The first kappa shape index (κ1) is 17.4. The van der Waals surface area contributed by atoms with Crippen molar-refractivity contribution in [2.24, 2.45) is 0 Å². The number of aromatic nitrogens is 1. The summed E-state index contributed by atoms with van der Waals surface area (Å²) in [5, 5.41) is 0. The van der Waals surface area contributed by atoms with Gasteiger partial charge in [0.05, 0.1) is 12.2 Å². The van der Waals surface area contributed by atoms with Crippen LogP contribution in [-0.4, -0.2) is 24.3 Å². The molecule has 3 aromatic rings. The van der Waals surface area contributed by atoms with E-state index in [9.17, 15) is 4.79 Å². The maximum atomic E-state index is 13.9. The second-order valence-corrected chi connectivity index (χ2v) is 8.14. The first-order valence-electron chi connectivity index (χ1n) is 10.0. The highest BCUT2D eigenvalue weighted by molar-refractivity contribution is 6.11. The lowest BCUT2D eigenvalue weighted by Gasteiger charge is -2.22. The van der Waals surface area contributed by atoms with Gasteiger partial charge in [-0.25, -0.2) is 4.98 Å². The van der Waals surface area contributed by atoms with Crippen LogP contribution in [0, 0.1) is 0 Å². The Balaban J connectivity index is 1.46. The quantitative estimate of drug-likeness (QED) is 0.662. The molecule has 2 aromatic carbocycles. The van der Waals surface area contributed by atoms with Gasteiger partial charge in [-0.05, 0) is 17.7 Å². The third kappa shape index (κ3) is 2.20. The largest absolute Gasteiger partial charge is 0.491 e. The summed E-state index contributed by atoms with van der Waals surface area (Å²) >= 11 is 0. The third-order valence-electron chi connectivity index (χ3n) is 6.03. The average molecular weight is 404 g/mol. The number of rotatable bonds is 3. The molecule has 1 atom stereocenters. The first-order chi connectivity index (χ1) is 14.6. The summed E-state index contributed by atoms with van der Waals surface area (Å²) in [6.45, 7) is 4.81. The highest BCUT2D eigenvalue weighted by atomic mass is 16.7. The zero-order chi connectivity index (χ0) is 20.5. The molecule has 7 nitrogen and oxygen atoms in total. The molecule has 6 rings (SSSR count). The standard InChI is InChI=1S/C23H20N2O5/c1-13(2)21-24-14(10-27-21)9-25-17-6-4-3-5-15(17)23(22(25)26)11-28-18-8-20-19(7-16(18)23)29-12-30-20/h3-8,10,13H,9,11-12H2,1-2H3. The molecule has 1 amide bonds. The van der Waals surface area contributed by atoms with Gasteiger partial charge in [-0.15, -0.1) is 0 Å². The predicted molar refractivity (Wildman–Crippen MR) is 107 cm³/mol. The summed E-state index contributed by atoms with van der Waals surface area (Å²) in [6, 6.07) is 11.6. The number of fused-ring (bicyclic) bond motifs is 5. The number of oxazole rings is 1. The van der Waals surface area contributed by atoms with Crippen LogP contribution in [0.2, 0.25) is 0 Å². The lowest BCUT2D eigenvalue weighted by Crippen LogP contribution is -2.42. The van der Waals surface area contributed by atoms with Crippen LogP contribution in [0.1, 0.15) is 42.5 Å². The number of carbonyl (C=O) groups excluding carboxylic acids is 1. The van der Waals surface area contributed by atoms with Crippen molar-refractivity contribution in [2.45, 2.75) is 31.7 Å². The van der Waals surface area contributed by atoms with Crippen molar-refractivity contribution in [2.75, 3.05) is 18.3 Å². The molecular formula is C23H20N2O5. The number of para-hydroxylation sites is 1. The molecular weight excluding hydrogens is 384 g/mol. The van der Waals surface area contributed by atoms with Gasteiger partial charge >= 0.3 is 0 Å². The summed E-state index contributed by atoms with van der Waals surface area (Å²) in [6.07, 6.45) is 1.63. The molecule has 1 spiro atoms. The molecule has 152 valence electrons. The second-order valence-electron chi connectivity index (χ2n) is 8.14. The van der Waals surface area contributed by atoms with Crippen LogP contribution in [0.4, 0.5) is 5.69 Å². The fourth-order valence-electron chi connectivity index (χ4n) is 4.54. The lowest BCUT2D eigenvalue weighted by molar-refractivity contribution is -0.122. The SMILES string of the molecule is CC(C)c1nc(CN2C(=O)C3(COc4cc5c(cc43)OCO5)c3ccccc32)co1. The van der Waals surface area contributed by atoms with Gasteiger partial charge < -0.3 is 23.5 Å². The summed E-state index contributed by atoms with van der Waals surface area (Å²) in [7, 11) is 0. The fourth-order valence-corrected chi connectivity index (χ4v) is 4.54. The molecule has 1 aromatic heterocycles. The minimum Gasteiger partial charge on any atom is -0.491 e. The number of nitrogens with zero attached hydrogens (tertiary/aromatic N) is 2. The van der Waals surface area contributed by atoms with Gasteiger partial charge in [-0.3, -0.25) is 4.79 Å². The summed E-state index contributed by atoms with van der Waals surface area (Å²) in [5.41, 5.74) is 2.43. The molecule has 7 heteroatoms. The van der Waals surface area contributed by atoms with Crippen molar-refractivity contribution in [3.8, 4) is 17.2 Å². The van der Waals surface area contributed by atoms with Crippen molar-refractivity contribution in [1.82, 2.24) is 4.98 Å². The van der Waals surface area contributed by atoms with E-state index in [2.05, 4.69) is 4.98 Å². The normalized spacial score (nSPS) is 20.8.